The van der Waals surface area contributed by atoms with E-state index in [0.29, 0.717) is 0 Å². The molecule has 0 heterocycles. The second-order valence-electron chi connectivity index (χ2n) is 5.36. The molecule has 0 aromatic heterocycles. The molecule has 0 aliphatic carbocycles. The maximum absolute atomic E-state index is 13.0. The fourth-order valence-electron chi connectivity index (χ4n) is 2.21. The van der Waals surface area contributed by atoms with Crippen molar-refractivity contribution in [1.29, 1.82) is 0 Å². The van der Waals surface area contributed by atoms with Gasteiger partial charge in [-0.05, 0) is 24.3 Å². The minimum absolute atomic E-state index is 0.0614. The second kappa shape index (κ2) is 8.22. The number of rotatable bonds is 4. The number of benzene rings is 2. The largest absolute Gasteiger partial charge is 0.418 e. The fourth-order valence-corrected chi connectivity index (χ4v) is 2.81. The monoisotopic (exact) mass is 422 g/mol. The van der Waals surface area contributed by atoms with Crippen LogP contribution in [0.25, 0.3) is 0 Å². The Hall–Kier alpha value is -2.20. The molecule has 0 unspecified atom stereocenters. The molecule has 2 N–H and O–H groups in total. The first-order valence-corrected chi connectivity index (χ1v) is 8.22. The van der Waals surface area contributed by atoms with Crippen LogP contribution in [0.5, 0.6) is 0 Å². The third kappa shape index (κ3) is 5.90. The predicted octanol–water partition coefficient (Wildman–Crippen LogP) is 6.29. The van der Waals surface area contributed by atoms with Crippen LogP contribution in [0.2, 0.25) is 0 Å². The number of hydrogen-bond acceptors (Lipinski definition) is 2. The van der Waals surface area contributed by atoms with Crippen LogP contribution in [0.3, 0.4) is 0 Å². The minimum atomic E-state index is -4.58. The average molecular weight is 422 g/mol. The molecule has 2 rings (SSSR count). The molecule has 0 atom stereocenters. The van der Waals surface area contributed by atoms with Crippen molar-refractivity contribution in [3.63, 3.8) is 0 Å². The lowest BCUT2D eigenvalue weighted by Gasteiger charge is -2.17. The summed E-state index contributed by atoms with van der Waals surface area (Å²) in [6, 6.07) is 9.44. The Morgan fingerprint density at radius 1 is 0.667 bits per heavy atom. The van der Waals surface area contributed by atoms with E-state index in [2.05, 4.69) is 10.6 Å². The molecule has 0 aliphatic heterocycles. The number of alkyl halides is 6. The lowest BCUT2D eigenvalue weighted by Crippen LogP contribution is -2.21. The summed E-state index contributed by atoms with van der Waals surface area (Å²) in [5.41, 5.74) is -2.33. The normalized spacial score (nSPS) is 11.8. The molecular weight excluding hydrogens is 410 g/mol. The van der Waals surface area contributed by atoms with Gasteiger partial charge in [-0.15, -0.1) is 0 Å². The zero-order chi connectivity index (χ0) is 20.2. The van der Waals surface area contributed by atoms with Crippen molar-refractivity contribution in [1.82, 2.24) is 0 Å². The first kappa shape index (κ1) is 21.1. The van der Waals surface area contributed by atoms with Gasteiger partial charge in [0.1, 0.15) is 0 Å². The molecular formula is C17H12F6N2S2. The van der Waals surface area contributed by atoms with Gasteiger partial charge in [0.25, 0.3) is 0 Å². The number of para-hydroxylation sites is 2. The van der Waals surface area contributed by atoms with E-state index in [0.717, 1.165) is 12.1 Å². The molecule has 2 nitrogen and oxygen atoms in total. The van der Waals surface area contributed by atoms with E-state index in [9.17, 15) is 26.3 Å². The summed E-state index contributed by atoms with van der Waals surface area (Å²) in [6.07, 6.45) is -9.38. The summed E-state index contributed by atoms with van der Waals surface area (Å²) in [7, 11) is 0. The van der Waals surface area contributed by atoms with Crippen LogP contribution >= 0.6 is 24.4 Å². The molecule has 0 spiro atoms. The van der Waals surface area contributed by atoms with Gasteiger partial charge in [0.05, 0.1) is 32.5 Å². The number of halogens is 6. The molecule has 0 saturated carbocycles. The summed E-state index contributed by atoms with van der Waals surface area (Å²) in [6.45, 7) is 0. The highest BCUT2D eigenvalue weighted by atomic mass is 32.1. The van der Waals surface area contributed by atoms with Crippen molar-refractivity contribution in [2.45, 2.75) is 18.8 Å². The molecule has 27 heavy (non-hydrogen) atoms. The highest BCUT2D eigenvalue weighted by Gasteiger charge is 2.34. The van der Waals surface area contributed by atoms with Crippen LogP contribution in [0.15, 0.2) is 48.5 Å². The number of anilines is 2. The van der Waals surface area contributed by atoms with E-state index in [-0.39, 0.29) is 27.8 Å². The summed E-state index contributed by atoms with van der Waals surface area (Å²) in [5.74, 6) is 0. The van der Waals surface area contributed by atoms with Crippen LogP contribution in [0.1, 0.15) is 17.5 Å². The number of hydrogen-bond donors (Lipinski definition) is 2. The third-order valence-electron chi connectivity index (χ3n) is 3.33. The van der Waals surface area contributed by atoms with Gasteiger partial charge in [0.2, 0.25) is 0 Å². The van der Waals surface area contributed by atoms with Gasteiger partial charge in [0, 0.05) is 6.42 Å². The molecule has 0 radical (unpaired) electrons. The summed E-state index contributed by atoms with van der Waals surface area (Å²) >= 11 is 9.98. The molecule has 0 fully saturated rings. The predicted molar refractivity (Wildman–Crippen MR) is 99.9 cm³/mol. The zero-order valence-corrected chi connectivity index (χ0v) is 15.0. The maximum atomic E-state index is 13.0. The van der Waals surface area contributed by atoms with Gasteiger partial charge in [-0.25, -0.2) is 0 Å². The van der Waals surface area contributed by atoms with Crippen molar-refractivity contribution in [2.75, 3.05) is 10.6 Å². The molecule has 0 saturated heterocycles. The lowest BCUT2D eigenvalue weighted by molar-refractivity contribution is -0.137. The average Bonchev–Trinajstić information content (AvgIpc) is 2.53. The molecule has 0 amide bonds. The third-order valence-corrected chi connectivity index (χ3v) is 3.83. The Balaban J connectivity index is 2.07. The minimum Gasteiger partial charge on any atom is -0.349 e. The van der Waals surface area contributed by atoms with Crippen LogP contribution in [0, 0.1) is 0 Å². The van der Waals surface area contributed by atoms with Crippen molar-refractivity contribution in [3.05, 3.63) is 59.7 Å². The first-order valence-electron chi connectivity index (χ1n) is 7.40. The van der Waals surface area contributed by atoms with E-state index in [1.165, 1.54) is 36.4 Å². The van der Waals surface area contributed by atoms with E-state index < -0.39 is 23.5 Å². The Morgan fingerprint density at radius 3 is 1.33 bits per heavy atom. The fraction of sp³-hybridized carbons (Fsp3) is 0.176. The van der Waals surface area contributed by atoms with Crippen molar-refractivity contribution in [2.24, 2.45) is 0 Å². The van der Waals surface area contributed by atoms with Crippen LogP contribution in [-0.4, -0.2) is 9.98 Å². The Labute approximate surface area is 161 Å². The van der Waals surface area contributed by atoms with Gasteiger partial charge in [-0.1, -0.05) is 48.7 Å². The SMILES string of the molecule is FC(F)(F)c1ccccc1NC(=S)CC(=S)Nc1ccccc1C(F)(F)F. The topological polar surface area (TPSA) is 24.1 Å². The molecule has 2 aromatic rings. The van der Waals surface area contributed by atoms with Crippen molar-refractivity contribution >= 4 is 45.8 Å². The molecule has 144 valence electrons. The Kier molecular flexibility index (Phi) is 6.42. The van der Waals surface area contributed by atoms with E-state index in [4.69, 9.17) is 24.4 Å². The van der Waals surface area contributed by atoms with Crippen molar-refractivity contribution < 1.29 is 26.3 Å². The summed E-state index contributed by atoms with van der Waals surface area (Å²) < 4.78 is 77.9. The number of thiocarbonyl (C=S) groups is 2. The van der Waals surface area contributed by atoms with Crippen molar-refractivity contribution in [3.8, 4) is 0 Å². The van der Waals surface area contributed by atoms with E-state index >= 15 is 0 Å². The maximum Gasteiger partial charge on any atom is 0.418 e. The zero-order valence-electron chi connectivity index (χ0n) is 13.4. The Bertz CT molecular complexity index is 776. The smallest absolute Gasteiger partial charge is 0.349 e. The van der Waals surface area contributed by atoms with Crippen LogP contribution < -0.4 is 10.6 Å². The highest BCUT2D eigenvalue weighted by Crippen LogP contribution is 2.35. The molecule has 0 aliphatic rings. The Morgan fingerprint density at radius 2 is 1.00 bits per heavy atom. The van der Waals surface area contributed by atoms with Crippen LogP contribution in [-0.2, 0) is 12.4 Å². The molecule has 2 aromatic carbocycles. The standard InChI is InChI=1S/C17H12F6N2S2/c18-16(19,20)10-5-1-3-7-12(10)24-14(26)9-15(27)25-13-8-4-2-6-11(13)17(21,22)23/h1-8H,9H2,(H,24,26)(H,25,27). The van der Waals surface area contributed by atoms with Crippen LogP contribution in [0.4, 0.5) is 37.7 Å². The van der Waals surface area contributed by atoms with E-state index in [1.54, 1.807) is 0 Å². The number of nitrogens with one attached hydrogen (secondary N) is 2. The van der Waals surface area contributed by atoms with Gasteiger partial charge in [0.15, 0.2) is 0 Å². The molecule has 0 bridgehead atoms. The van der Waals surface area contributed by atoms with Gasteiger partial charge in [-0.2, -0.15) is 26.3 Å². The van der Waals surface area contributed by atoms with Gasteiger partial charge >= 0.3 is 12.4 Å². The van der Waals surface area contributed by atoms with Gasteiger partial charge in [-0.3, -0.25) is 0 Å². The summed E-state index contributed by atoms with van der Waals surface area (Å²) in [4.78, 5) is -0.123. The lowest BCUT2D eigenvalue weighted by atomic mass is 10.1. The summed E-state index contributed by atoms with van der Waals surface area (Å²) in [5, 5.41) is 4.88. The van der Waals surface area contributed by atoms with E-state index in [1.807, 2.05) is 0 Å². The highest BCUT2D eigenvalue weighted by molar-refractivity contribution is 7.82. The quantitative estimate of drug-likeness (QED) is 0.447. The molecule has 10 heteroatoms. The van der Waals surface area contributed by atoms with Gasteiger partial charge < -0.3 is 10.6 Å². The second-order valence-corrected chi connectivity index (χ2v) is 6.35. The first-order chi connectivity index (χ1) is 12.5.